The van der Waals surface area contributed by atoms with E-state index in [1.54, 1.807) is 10.8 Å². The van der Waals surface area contributed by atoms with E-state index in [0.717, 1.165) is 16.6 Å². The summed E-state index contributed by atoms with van der Waals surface area (Å²) in [5.74, 6) is 0.656. The number of amides is 2. The molecule has 0 radical (unpaired) electrons. The molecule has 0 fully saturated rings. The van der Waals surface area contributed by atoms with Gasteiger partial charge < -0.3 is 11.1 Å². The Morgan fingerprint density at radius 1 is 0.879 bits per heavy atom. The summed E-state index contributed by atoms with van der Waals surface area (Å²) in [4.78, 5) is 37.2. The van der Waals surface area contributed by atoms with Crippen LogP contribution in [0.4, 0.5) is 0 Å². The lowest BCUT2D eigenvalue weighted by Gasteiger charge is -2.16. The fourth-order valence-corrected chi connectivity index (χ4v) is 3.57. The van der Waals surface area contributed by atoms with Crippen LogP contribution in [0.25, 0.3) is 10.9 Å². The first-order chi connectivity index (χ1) is 16.0. The van der Waals surface area contributed by atoms with E-state index in [1.165, 1.54) is 0 Å². The Bertz CT molecular complexity index is 1380. The Kier molecular flexibility index (Phi) is 6.33. The van der Waals surface area contributed by atoms with Gasteiger partial charge in [0.1, 0.15) is 6.04 Å². The molecule has 0 saturated carbocycles. The Balaban J connectivity index is 1.66. The summed E-state index contributed by atoms with van der Waals surface area (Å²) < 4.78 is 1.68. The van der Waals surface area contributed by atoms with Crippen molar-refractivity contribution in [2.75, 3.05) is 0 Å². The van der Waals surface area contributed by atoms with Gasteiger partial charge in [0.2, 0.25) is 5.78 Å². The predicted molar refractivity (Wildman–Crippen MR) is 126 cm³/mol. The average molecular weight is 435 g/mol. The summed E-state index contributed by atoms with van der Waals surface area (Å²) >= 11 is 0. The number of nitrogens with one attached hydrogen (secondary N) is 1. The fourth-order valence-electron chi connectivity index (χ4n) is 3.57. The van der Waals surface area contributed by atoms with Crippen molar-refractivity contribution in [1.82, 2.24) is 9.88 Å². The predicted octanol–water partition coefficient (Wildman–Crippen LogP) is 2.89. The first-order valence-electron chi connectivity index (χ1n) is 10.4. The highest BCUT2D eigenvalue weighted by Gasteiger charge is 2.27. The molecule has 6 nitrogen and oxygen atoms in total. The van der Waals surface area contributed by atoms with Crippen molar-refractivity contribution < 1.29 is 14.4 Å². The Hall–Kier alpha value is -4.63. The van der Waals surface area contributed by atoms with E-state index in [-0.39, 0.29) is 6.42 Å². The zero-order valence-corrected chi connectivity index (χ0v) is 17.7. The van der Waals surface area contributed by atoms with Crippen molar-refractivity contribution in [3.8, 4) is 12.0 Å². The second kappa shape index (κ2) is 9.67. The number of benzene rings is 3. The summed E-state index contributed by atoms with van der Waals surface area (Å²) in [7, 11) is 0. The van der Waals surface area contributed by atoms with Crippen molar-refractivity contribution in [2.45, 2.75) is 12.5 Å². The number of rotatable bonds is 6. The van der Waals surface area contributed by atoms with Gasteiger partial charge in [0.25, 0.3) is 11.8 Å². The number of primary amides is 1. The minimum absolute atomic E-state index is 0.154. The summed E-state index contributed by atoms with van der Waals surface area (Å²) in [6, 6.07) is 28.0. The molecule has 4 rings (SSSR count). The van der Waals surface area contributed by atoms with E-state index in [0.29, 0.717) is 10.9 Å². The highest BCUT2D eigenvalue weighted by molar-refractivity contribution is 6.38. The first kappa shape index (κ1) is 21.6. The highest BCUT2D eigenvalue weighted by atomic mass is 16.2. The van der Waals surface area contributed by atoms with Gasteiger partial charge >= 0.3 is 0 Å². The zero-order chi connectivity index (χ0) is 23.2. The van der Waals surface area contributed by atoms with Gasteiger partial charge in [-0.25, -0.2) is 0 Å². The van der Waals surface area contributed by atoms with Gasteiger partial charge in [-0.2, -0.15) is 0 Å². The lowest BCUT2D eigenvalue weighted by molar-refractivity contribution is -0.137. The normalized spacial score (nSPS) is 11.3. The maximum Gasteiger partial charge on any atom is 0.287 e. The lowest BCUT2D eigenvalue weighted by Crippen LogP contribution is -2.47. The van der Waals surface area contributed by atoms with E-state index in [2.05, 4.69) is 17.3 Å². The second-order valence-corrected chi connectivity index (χ2v) is 7.48. The molecule has 0 aliphatic rings. The SMILES string of the molecule is NC(=O)C(=O)[C@H](Cc1ccccc1)NC(=O)c1cn(C#Cc2ccccc2)c2ccccc12. The molecule has 3 N–H and O–H groups in total. The van der Waals surface area contributed by atoms with Crippen LogP contribution in [0, 0.1) is 12.0 Å². The summed E-state index contributed by atoms with van der Waals surface area (Å²) in [6.45, 7) is 0. The third-order valence-electron chi connectivity index (χ3n) is 5.20. The van der Waals surface area contributed by atoms with Crippen LogP contribution >= 0.6 is 0 Å². The van der Waals surface area contributed by atoms with Gasteiger partial charge in [-0.3, -0.25) is 19.0 Å². The number of ketones is 1. The van der Waals surface area contributed by atoms with Gasteiger partial charge in [-0.15, -0.1) is 0 Å². The minimum atomic E-state index is -1.09. The van der Waals surface area contributed by atoms with Gasteiger partial charge in [-0.05, 0) is 29.7 Å². The number of hydrogen-bond acceptors (Lipinski definition) is 3. The molecule has 1 heterocycles. The molecule has 0 aliphatic heterocycles. The number of hydrogen-bond donors (Lipinski definition) is 2. The molecular formula is C27H21N3O3. The van der Waals surface area contributed by atoms with Crippen molar-refractivity contribution in [1.29, 1.82) is 0 Å². The maximum atomic E-state index is 13.2. The van der Waals surface area contributed by atoms with Crippen LogP contribution in [0.3, 0.4) is 0 Å². The molecule has 0 unspecified atom stereocenters. The largest absolute Gasteiger partial charge is 0.363 e. The third kappa shape index (κ3) is 5.00. The van der Waals surface area contributed by atoms with Crippen LogP contribution in [0.15, 0.2) is 91.1 Å². The number of para-hydroxylation sites is 1. The second-order valence-electron chi connectivity index (χ2n) is 7.48. The van der Waals surface area contributed by atoms with E-state index in [9.17, 15) is 14.4 Å². The van der Waals surface area contributed by atoms with Crippen LogP contribution in [-0.4, -0.2) is 28.2 Å². The molecule has 162 valence electrons. The quantitative estimate of drug-likeness (QED) is 0.360. The number of aromatic nitrogens is 1. The molecule has 33 heavy (non-hydrogen) atoms. The third-order valence-corrected chi connectivity index (χ3v) is 5.20. The molecule has 3 aromatic carbocycles. The van der Waals surface area contributed by atoms with E-state index < -0.39 is 23.6 Å². The van der Waals surface area contributed by atoms with Crippen LogP contribution in [0.1, 0.15) is 21.5 Å². The van der Waals surface area contributed by atoms with Gasteiger partial charge in [-0.1, -0.05) is 66.7 Å². The summed E-state index contributed by atoms with van der Waals surface area (Å²) in [5.41, 5.74) is 7.98. The number of fused-ring (bicyclic) bond motifs is 1. The number of nitrogens with zero attached hydrogens (tertiary/aromatic N) is 1. The number of carbonyl (C=O) groups excluding carboxylic acids is 3. The van der Waals surface area contributed by atoms with E-state index in [4.69, 9.17) is 5.73 Å². The van der Waals surface area contributed by atoms with E-state index in [1.807, 2.05) is 84.9 Å². The summed E-state index contributed by atoms with van der Waals surface area (Å²) in [6.07, 6.45) is 1.78. The van der Waals surface area contributed by atoms with Crippen molar-refractivity contribution >= 4 is 28.5 Å². The van der Waals surface area contributed by atoms with Crippen LogP contribution < -0.4 is 11.1 Å². The van der Waals surface area contributed by atoms with Gasteiger partial charge in [0, 0.05) is 29.6 Å². The highest BCUT2D eigenvalue weighted by Crippen LogP contribution is 2.21. The topological polar surface area (TPSA) is 94.2 Å². The Morgan fingerprint density at radius 3 is 2.21 bits per heavy atom. The Morgan fingerprint density at radius 2 is 1.52 bits per heavy atom. The number of Topliss-reactive ketones (excluding diaryl/α,β-unsaturated/α-hetero) is 1. The van der Waals surface area contributed by atoms with E-state index >= 15 is 0 Å². The maximum absolute atomic E-state index is 13.2. The molecule has 0 spiro atoms. The molecule has 1 atom stereocenters. The summed E-state index contributed by atoms with van der Waals surface area (Å²) in [5, 5.41) is 3.37. The zero-order valence-electron chi connectivity index (χ0n) is 17.7. The van der Waals surface area contributed by atoms with Crippen molar-refractivity contribution in [2.24, 2.45) is 5.73 Å². The molecular weight excluding hydrogens is 414 g/mol. The van der Waals surface area contributed by atoms with Gasteiger partial charge in [0.05, 0.1) is 11.1 Å². The molecule has 0 saturated heterocycles. The fraction of sp³-hybridized carbons (Fsp3) is 0.0741. The average Bonchev–Trinajstić information content (AvgIpc) is 3.22. The van der Waals surface area contributed by atoms with Gasteiger partial charge in [0.15, 0.2) is 0 Å². The molecule has 0 bridgehead atoms. The molecule has 6 heteroatoms. The van der Waals surface area contributed by atoms with Crippen LogP contribution in [0.2, 0.25) is 0 Å². The van der Waals surface area contributed by atoms with Crippen molar-refractivity contribution in [3.05, 3.63) is 108 Å². The van der Waals surface area contributed by atoms with Crippen LogP contribution in [0.5, 0.6) is 0 Å². The Labute approximate surface area is 191 Å². The smallest absolute Gasteiger partial charge is 0.287 e. The number of nitrogens with two attached hydrogens (primary N) is 1. The minimum Gasteiger partial charge on any atom is -0.363 e. The molecule has 0 aliphatic carbocycles. The molecule has 1 aromatic heterocycles. The molecule has 4 aromatic rings. The number of carbonyl (C=O) groups is 3. The van der Waals surface area contributed by atoms with Crippen molar-refractivity contribution in [3.63, 3.8) is 0 Å². The van der Waals surface area contributed by atoms with Crippen LogP contribution in [-0.2, 0) is 16.0 Å². The standard InChI is InChI=1S/C27H21N3O3/c28-26(32)25(31)23(17-20-11-5-2-6-12-20)29-27(33)22-18-30(24-14-8-7-13-21(22)24)16-15-19-9-3-1-4-10-19/h1-14,18,23H,17H2,(H2,28,32)(H,29,33)/t23-/m0/s1. The monoisotopic (exact) mass is 435 g/mol. The molecule has 2 amide bonds. The first-order valence-corrected chi connectivity index (χ1v) is 10.4. The lowest BCUT2D eigenvalue weighted by atomic mass is 10.0.